The summed E-state index contributed by atoms with van der Waals surface area (Å²) in [5, 5.41) is 19.7. The molecule has 0 bridgehead atoms. The Morgan fingerprint density at radius 2 is 2.00 bits per heavy atom. The first-order chi connectivity index (χ1) is 14.6. The van der Waals surface area contributed by atoms with E-state index < -0.39 is 5.97 Å². The molecule has 2 aromatic rings. The van der Waals surface area contributed by atoms with Gasteiger partial charge in [-0.15, -0.1) is 5.10 Å². The number of aromatic nitrogens is 2. The number of hydrogen-bond donors (Lipinski definition) is 4. The lowest BCUT2D eigenvalue weighted by molar-refractivity contribution is -0.131. The van der Waals surface area contributed by atoms with Crippen LogP contribution >= 0.6 is 0 Å². The molecule has 1 fully saturated rings. The average molecular weight is 413 g/mol. The van der Waals surface area contributed by atoms with Gasteiger partial charge in [0.2, 0.25) is 0 Å². The lowest BCUT2D eigenvalue weighted by Gasteiger charge is -2.25. The van der Waals surface area contributed by atoms with E-state index in [0.717, 1.165) is 43.1 Å². The maximum absolute atomic E-state index is 10.6. The summed E-state index contributed by atoms with van der Waals surface area (Å²) in [6.45, 7) is 2.06. The number of carboxylic acid groups (broad SMARTS) is 1. The van der Waals surface area contributed by atoms with Crippen molar-refractivity contribution in [3.63, 3.8) is 0 Å². The van der Waals surface area contributed by atoms with Crippen molar-refractivity contribution in [2.45, 2.75) is 31.7 Å². The number of anilines is 2. The van der Waals surface area contributed by atoms with Crippen LogP contribution < -0.4 is 16.1 Å². The van der Waals surface area contributed by atoms with E-state index >= 15 is 0 Å². The third-order valence-corrected chi connectivity index (χ3v) is 5.66. The van der Waals surface area contributed by atoms with Gasteiger partial charge in [-0.1, -0.05) is 30.3 Å². The van der Waals surface area contributed by atoms with Crippen LogP contribution in [0.25, 0.3) is 0 Å². The average Bonchev–Trinajstić information content (AvgIpc) is 3.36. The first kappa shape index (κ1) is 21.7. The number of benzene rings is 1. The van der Waals surface area contributed by atoms with E-state index in [4.69, 9.17) is 5.11 Å². The highest BCUT2D eigenvalue weighted by atomic mass is 16.4. The van der Waals surface area contributed by atoms with Gasteiger partial charge < -0.3 is 21.2 Å². The van der Waals surface area contributed by atoms with E-state index in [0.29, 0.717) is 12.5 Å². The van der Waals surface area contributed by atoms with Crippen molar-refractivity contribution in [1.29, 1.82) is 0 Å². The fraction of sp³-hybridized carbons (Fsp3) is 0.455. The molecule has 3 rings (SSSR count). The van der Waals surface area contributed by atoms with Crippen molar-refractivity contribution in [2.24, 2.45) is 0 Å². The molecule has 4 N–H and O–H groups in total. The highest BCUT2D eigenvalue weighted by molar-refractivity contribution is 5.79. The minimum absolute atomic E-state index is 0.420. The monoisotopic (exact) mass is 412 g/mol. The van der Waals surface area contributed by atoms with Gasteiger partial charge in [-0.3, -0.25) is 4.90 Å². The summed E-state index contributed by atoms with van der Waals surface area (Å²) in [5.41, 5.74) is 6.71. The Labute approximate surface area is 177 Å². The fourth-order valence-electron chi connectivity index (χ4n) is 4.20. The predicted octanol–water partition coefficient (Wildman–Crippen LogP) is 2.70. The Morgan fingerprint density at radius 3 is 2.63 bits per heavy atom. The molecule has 0 aliphatic carbocycles. The highest BCUT2D eigenvalue weighted by Crippen LogP contribution is 2.33. The van der Waals surface area contributed by atoms with Gasteiger partial charge in [0.05, 0.1) is 0 Å². The predicted molar refractivity (Wildman–Crippen MR) is 121 cm³/mol. The number of carbonyl (C=O) groups is 1. The molecule has 1 aromatic heterocycles. The van der Waals surface area contributed by atoms with Crippen LogP contribution in [0.15, 0.2) is 36.4 Å². The van der Waals surface area contributed by atoms with Crippen LogP contribution in [0.3, 0.4) is 0 Å². The summed E-state index contributed by atoms with van der Waals surface area (Å²) in [5.74, 6) is 0.968. The normalized spacial score (nSPS) is 16.8. The van der Waals surface area contributed by atoms with Crippen molar-refractivity contribution < 1.29 is 9.90 Å². The SMILES string of the molecule is CNc1nn(NC)c(NC)c1CCN1CCC[C@@H]1c1ccc(C/C=C/C(=O)O)cc1. The van der Waals surface area contributed by atoms with Gasteiger partial charge in [-0.25, -0.2) is 4.79 Å². The van der Waals surface area contributed by atoms with Crippen molar-refractivity contribution in [2.75, 3.05) is 50.3 Å². The molecule has 0 saturated carbocycles. The van der Waals surface area contributed by atoms with Crippen LogP contribution in [-0.2, 0) is 17.6 Å². The van der Waals surface area contributed by atoms with Crippen LogP contribution in [-0.4, -0.2) is 60.1 Å². The van der Waals surface area contributed by atoms with Gasteiger partial charge >= 0.3 is 5.97 Å². The molecular weight excluding hydrogens is 380 g/mol. The lowest BCUT2D eigenvalue weighted by Crippen LogP contribution is -2.26. The van der Waals surface area contributed by atoms with E-state index in [9.17, 15) is 4.79 Å². The third-order valence-electron chi connectivity index (χ3n) is 5.66. The van der Waals surface area contributed by atoms with Gasteiger partial charge in [0, 0.05) is 45.4 Å². The maximum Gasteiger partial charge on any atom is 0.327 e. The molecule has 2 heterocycles. The van der Waals surface area contributed by atoms with Crippen molar-refractivity contribution in [3.05, 3.63) is 53.1 Å². The maximum atomic E-state index is 10.6. The van der Waals surface area contributed by atoms with Crippen LogP contribution in [0.4, 0.5) is 11.6 Å². The largest absolute Gasteiger partial charge is 0.478 e. The van der Waals surface area contributed by atoms with Gasteiger partial charge in [-0.2, -0.15) is 4.79 Å². The molecular formula is C22H32N6O2. The molecule has 1 aromatic carbocycles. The van der Waals surface area contributed by atoms with E-state index in [1.807, 2.05) is 21.1 Å². The van der Waals surface area contributed by atoms with E-state index in [-0.39, 0.29) is 0 Å². The van der Waals surface area contributed by atoms with Crippen molar-refractivity contribution in [1.82, 2.24) is 14.8 Å². The Hall–Kier alpha value is -3.00. The summed E-state index contributed by atoms with van der Waals surface area (Å²) in [6.07, 6.45) is 6.77. The Morgan fingerprint density at radius 1 is 1.23 bits per heavy atom. The molecule has 0 spiro atoms. The third kappa shape index (κ3) is 4.94. The number of carboxylic acids is 1. The summed E-state index contributed by atoms with van der Waals surface area (Å²) in [7, 11) is 5.67. The van der Waals surface area contributed by atoms with Crippen molar-refractivity contribution >= 4 is 17.6 Å². The minimum Gasteiger partial charge on any atom is -0.478 e. The van der Waals surface area contributed by atoms with Crippen LogP contribution in [0.1, 0.15) is 35.6 Å². The molecule has 8 heteroatoms. The Balaban J connectivity index is 1.67. The second-order valence-corrected chi connectivity index (χ2v) is 7.44. The molecule has 0 amide bonds. The fourth-order valence-corrected chi connectivity index (χ4v) is 4.20. The Bertz CT molecular complexity index is 874. The van der Waals surface area contributed by atoms with Crippen LogP contribution in [0.5, 0.6) is 0 Å². The van der Waals surface area contributed by atoms with E-state index in [1.54, 1.807) is 10.9 Å². The standard InChI is InChI=1S/C22H32N6O2/c1-23-21-18(22(24-2)28(25-3)26-21)13-15-27-14-5-7-19(27)17-11-9-16(10-12-17)6-4-8-20(29)30/h4,8-12,19,24-25H,5-7,13-15H2,1-3H3,(H,23,26)(H,29,30)/b8-4+/t19-/m1/s1. The topological polar surface area (TPSA) is 94.5 Å². The number of allylic oxidation sites excluding steroid dienone is 1. The molecule has 8 nitrogen and oxygen atoms in total. The second kappa shape index (κ2) is 10.2. The van der Waals surface area contributed by atoms with Gasteiger partial charge in [0.1, 0.15) is 0 Å². The number of aliphatic carboxylic acids is 1. The molecule has 1 saturated heterocycles. The molecule has 1 aliphatic heterocycles. The van der Waals surface area contributed by atoms with Gasteiger partial charge in [-0.05, 0) is 43.4 Å². The van der Waals surface area contributed by atoms with Crippen molar-refractivity contribution in [3.8, 4) is 0 Å². The molecule has 162 valence electrons. The van der Waals surface area contributed by atoms with Gasteiger partial charge in [0.25, 0.3) is 0 Å². The summed E-state index contributed by atoms with van der Waals surface area (Å²) in [4.78, 5) is 14.9. The first-order valence-corrected chi connectivity index (χ1v) is 10.4. The van der Waals surface area contributed by atoms with Crippen LogP contribution in [0.2, 0.25) is 0 Å². The second-order valence-electron chi connectivity index (χ2n) is 7.44. The summed E-state index contributed by atoms with van der Waals surface area (Å²) in [6, 6.07) is 9.00. The first-order valence-electron chi connectivity index (χ1n) is 10.4. The number of hydrogen-bond acceptors (Lipinski definition) is 6. The minimum atomic E-state index is -0.906. The summed E-state index contributed by atoms with van der Waals surface area (Å²) < 4.78 is 0. The van der Waals surface area contributed by atoms with Gasteiger partial charge in [0.15, 0.2) is 11.6 Å². The van der Waals surface area contributed by atoms with E-state index in [1.165, 1.54) is 23.6 Å². The molecule has 0 unspecified atom stereocenters. The number of rotatable bonds is 10. The molecule has 0 radical (unpaired) electrons. The van der Waals surface area contributed by atoms with Crippen LogP contribution in [0, 0.1) is 0 Å². The smallest absolute Gasteiger partial charge is 0.327 e. The molecule has 30 heavy (non-hydrogen) atoms. The van der Waals surface area contributed by atoms with E-state index in [2.05, 4.69) is 50.3 Å². The molecule has 1 aliphatic rings. The molecule has 1 atom stereocenters. The summed E-state index contributed by atoms with van der Waals surface area (Å²) >= 11 is 0. The number of nitrogens with zero attached hydrogens (tertiary/aromatic N) is 3. The highest BCUT2D eigenvalue weighted by Gasteiger charge is 2.26. The Kier molecular flexibility index (Phi) is 7.35. The quantitative estimate of drug-likeness (QED) is 0.446. The number of likely N-dealkylation sites (tertiary alicyclic amines) is 1. The zero-order valence-electron chi connectivity index (χ0n) is 18.0. The lowest BCUT2D eigenvalue weighted by atomic mass is 10.0. The zero-order valence-corrected chi connectivity index (χ0v) is 18.0. The zero-order chi connectivity index (χ0) is 21.5. The number of nitrogens with one attached hydrogen (secondary N) is 3.